The number of hydrogen-bond donors (Lipinski definition) is 1. The van der Waals surface area contributed by atoms with Crippen LogP contribution in [-0.2, 0) is 9.53 Å². The van der Waals surface area contributed by atoms with Gasteiger partial charge in [0.1, 0.15) is 6.10 Å². The van der Waals surface area contributed by atoms with Crippen LogP contribution in [0.5, 0.6) is 0 Å². The van der Waals surface area contributed by atoms with E-state index < -0.39 is 6.10 Å². The van der Waals surface area contributed by atoms with Gasteiger partial charge in [-0.25, -0.2) is 0 Å². The number of aliphatic hydroxyl groups excluding tert-OH is 1. The van der Waals surface area contributed by atoms with Crippen LogP contribution < -0.4 is 0 Å². The van der Waals surface area contributed by atoms with Crippen molar-refractivity contribution in [3.05, 3.63) is 0 Å². The average Bonchev–Trinajstić information content (AvgIpc) is 2.34. The predicted molar refractivity (Wildman–Crippen MR) is 44.0 cm³/mol. The number of esters is 1. The topological polar surface area (TPSA) is 46.5 Å². The Morgan fingerprint density at radius 3 is 3.00 bits per heavy atom. The van der Waals surface area contributed by atoms with Gasteiger partial charge in [-0.15, -0.1) is 0 Å². The van der Waals surface area contributed by atoms with Crippen LogP contribution in [0.25, 0.3) is 0 Å². The molecular weight excluding hydrogens is 247 g/mol. The molecule has 0 saturated carbocycles. The molecule has 10 heavy (non-hydrogen) atoms. The highest BCUT2D eigenvalue weighted by molar-refractivity contribution is 14.1. The van der Waals surface area contributed by atoms with E-state index in [0.29, 0.717) is 17.3 Å². The van der Waals surface area contributed by atoms with E-state index in [1.807, 2.05) is 0 Å². The predicted octanol–water partition coefficient (Wildman–Crippen LogP) is 0.488. The highest BCUT2D eigenvalue weighted by Crippen LogP contribution is 2.17. The average molecular weight is 256 g/mol. The van der Waals surface area contributed by atoms with E-state index in [0.717, 1.165) is 0 Å². The van der Waals surface area contributed by atoms with Crippen LogP contribution in [-0.4, -0.2) is 27.7 Å². The number of carbonyl (C=O) groups excluding carboxylic acids is 1. The fraction of sp³-hybridized carbons (Fsp3) is 0.833. The van der Waals surface area contributed by atoms with Crippen LogP contribution in [0.4, 0.5) is 0 Å². The van der Waals surface area contributed by atoms with E-state index in [2.05, 4.69) is 22.6 Å². The molecule has 1 aliphatic heterocycles. The SMILES string of the molecule is O=C1CC[C@H]([C@@H](O)CI)O1. The molecular formula is C6H9IO3. The maximum Gasteiger partial charge on any atom is 0.306 e. The fourth-order valence-electron chi connectivity index (χ4n) is 0.917. The quantitative estimate of drug-likeness (QED) is 0.444. The number of cyclic esters (lactones) is 1. The van der Waals surface area contributed by atoms with Crippen molar-refractivity contribution in [3.63, 3.8) is 0 Å². The van der Waals surface area contributed by atoms with Gasteiger partial charge in [-0.3, -0.25) is 4.79 Å². The summed E-state index contributed by atoms with van der Waals surface area (Å²) in [5, 5.41) is 9.19. The van der Waals surface area contributed by atoms with Gasteiger partial charge in [0, 0.05) is 10.8 Å². The molecule has 2 atom stereocenters. The molecule has 0 amide bonds. The van der Waals surface area contributed by atoms with E-state index in [9.17, 15) is 9.90 Å². The number of halogens is 1. The Morgan fingerprint density at radius 2 is 2.60 bits per heavy atom. The largest absolute Gasteiger partial charge is 0.460 e. The first kappa shape index (κ1) is 8.26. The van der Waals surface area contributed by atoms with Crippen LogP contribution >= 0.6 is 22.6 Å². The Labute approximate surface area is 72.9 Å². The summed E-state index contributed by atoms with van der Waals surface area (Å²) in [5.41, 5.74) is 0. The normalized spacial score (nSPS) is 28.2. The van der Waals surface area contributed by atoms with E-state index >= 15 is 0 Å². The number of ether oxygens (including phenoxy) is 1. The van der Waals surface area contributed by atoms with Gasteiger partial charge in [0.05, 0.1) is 6.10 Å². The second-order valence-electron chi connectivity index (χ2n) is 2.29. The summed E-state index contributed by atoms with van der Waals surface area (Å²) in [6.07, 6.45) is 0.401. The Kier molecular flexibility index (Phi) is 2.91. The van der Waals surface area contributed by atoms with E-state index in [1.54, 1.807) is 0 Å². The Balaban J connectivity index is 2.36. The molecule has 0 unspecified atom stereocenters. The standard InChI is InChI=1S/C6H9IO3/c7-3-4(8)5-1-2-6(9)10-5/h4-5,8H,1-3H2/t4-,5+/m0/s1. The molecule has 0 aromatic rings. The Morgan fingerprint density at radius 1 is 1.90 bits per heavy atom. The third-order valence-corrected chi connectivity index (χ3v) is 2.41. The second kappa shape index (κ2) is 3.52. The molecule has 0 aliphatic carbocycles. The summed E-state index contributed by atoms with van der Waals surface area (Å²) in [4.78, 5) is 10.5. The first-order valence-corrected chi connectivity index (χ1v) is 4.70. The van der Waals surface area contributed by atoms with Crippen LogP contribution in [0.1, 0.15) is 12.8 Å². The Hall–Kier alpha value is 0.160. The number of aliphatic hydroxyl groups is 1. The minimum atomic E-state index is -0.480. The highest BCUT2D eigenvalue weighted by Gasteiger charge is 2.28. The maximum atomic E-state index is 10.5. The molecule has 0 aromatic carbocycles. The molecule has 1 saturated heterocycles. The lowest BCUT2D eigenvalue weighted by molar-refractivity contribution is -0.144. The van der Waals surface area contributed by atoms with Crippen molar-refractivity contribution < 1.29 is 14.6 Å². The van der Waals surface area contributed by atoms with Crippen molar-refractivity contribution in [2.45, 2.75) is 25.0 Å². The summed E-state index contributed by atoms with van der Waals surface area (Å²) in [5.74, 6) is -0.186. The molecule has 1 heterocycles. The number of alkyl halides is 1. The minimum Gasteiger partial charge on any atom is -0.460 e. The second-order valence-corrected chi connectivity index (χ2v) is 3.17. The highest BCUT2D eigenvalue weighted by atomic mass is 127. The Bertz CT molecular complexity index is 137. The third kappa shape index (κ3) is 1.82. The summed E-state index contributed by atoms with van der Waals surface area (Å²) < 4.78 is 5.44. The van der Waals surface area contributed by atoms with Crippen molar-refractivity contribution in [1.29, 1.82) is 0 Å². The number of rotatable bonds is 2. The van der Waals surface area contributed by atoms with E-state index in [1.165, 1.54) is 0 Å². The monoisotopic (exact) mass is 256 g/mol. The summed E-state index contributed by atoms with van der Waals surface area (Å²) in [6.45, 7) is 0. The van der Waals surface area contributed by atoms with Gasteiger partial charge < -0.3 is 9.84 Å². The van der Waals surface area contributed by atoms with Crippen molar-refractivity contribution in [1.82, 2.24) is 0 Å². The summed E-state index contributed by atoms with van der Waals surface area (Å²) in [6, 6.07) is 0. The zero-order chi connectivity index (χ0) is 7.56. The van der Waals surface area contributed by atoms with Gasteiger partial charge in [0.15, 0.2) is 0 Å². The van der Waals surface area contributed by atoms with Crippen molar-refractivity contribution in [2.75, 3.05) is 4.43 Å². The van der Waals surface area contributed by atoms with Gasteiger partial charge in [-0.1, -0.05) is 22.6 Å². The smallest absolute Gasteiger partial charge is 0.306 e. The van der Waals surface area contributed by atoms with Crippen LogP contribution in [0.2, 0.25) is 0 Å². The molecule has 3 nitrogen and oxygen atoms in total. The molecule has 0 bridgehead atoms. The molecule has 1 aliphatic rings. The van der Waals surface area contributed by atoms with Gasteiger partial charge in [0.25, 0.3) is 0 Å². The van der Waals surface area contributed by atoms with Gasteiger partial charge in [-0.05, 0) is 6.42 Å². The number of hydrogen-bond acceptors (Lipinski definition) is 3. The lowest BCUT2D eigenvalue weighted by Gasteiger charge is -2.13. The first-order chi connectivity index (χ1) is 4.74. The maximum absolute atomic E-state index is 10.5. The van der Waals surface area contributed by atoms with Gasteiger partial charge >= 0.3 is 5.97 Å². The van der Waals surface area contributed by atoms with E-state index in [4.69, 9.17) is 4.74 Å². The molecule has 58 valence electrons. The third-order valence-electron chi connectivity index (χ3n) is 1.50. The molecule has 4 heteroatoms. The minimum absolute atomic E-state index is 0.186. The molecule has 1 N–H and O–H groups in total. The molecule has 0 spiro atoms. The molecule has 1 rings (SSSR count). The fourth-order valence-corrected chi connectivity index (χ4v) is 1.48. The lowest BCUT2D eigenvalue weighted by Crippen LogP contribution is -2.26. The van der Waals surface area contributed by atoms with E-state index in [-0.39, 0.29) is 12.1 Å². The lowest BCUT2D eigenvalue weighted by atomic mass is 10.2. The zero-order valence-corrected chi connectivity index (χ0v) is 7.58. The van der Waals surface area contributed by atoms with Crippen LogP contribution in [0.15, 0.2) is 0 Å². The first-order valence-electron chi connectivity index (χ1n) is 3.17. The van der Waals surface area contributed by atoms with Crippen molar-refractivity contribution in [2.24, 2.45) is 0 Å². The van der Waals surface area contributed by atoms with Gasteiger partial charge in [0.2, 0.25) is 0 Å². The van der Waals surface area contributed by atoms with Crippen LogP contribution in [0, 0.1) is 0 Å². The van der Waals surface area contributed by atoms with Crippen LogP contribution in [0.3, 0.4) is 0 Å². The van der Waals surface area contributed by atoms with Crippen molar-refractivity contribution in [3.8, 4) is 0 Å². The number of carbonyl (C=O) groups is 1. The molecule has 0 radical (unpaired) electrons. The summed E-state index contributed by atoms with van der Waals surface area (Å²) >= 11 is 2.07. The van der Waals surface area contributed by atoms with Gasteiger partial charge in [-0.2, -0.15) is 0 Å². The summed E-state index contributed by atoms with van der Waals surface area (Å²) in [7, 11) is 0. The molecule has 0 aromatic heterocycles. The van der Waals surface area contributed by atoms with Crippen molar-refractivity contribution >= 4 is 28.6 Å². The molecule has 1 fully saturated rings. The zero-order valence-electron chi connectivity index (χ0n) is 5.42.